The molecule has 2 aliphatic carbocycles. The number of rotatable bonds is 1. The number of nitrogens with zero attached hydrogens (tertiary/aromatic N) is 4. The minimum absolute atomic E-state index is 0.00290. The second-order valence-corrected chi connectivity index (χ2v) is 7.96. The molecule has 0 aromatic carbocycles. The van der Waals surface area contributed by atoms with Crippen LogP contribution < -0.4 is 4.90 Å². The highest BCUT2D eigenvalue weighted by molar-refractivity contribution is 5.94. The Balaban J connectivity index is 1.84. The molecular formula is C18H28N4O. The van der Waals surface area contributed by atoms with Gasteiger partial charge in [-0.15, -0.1) is 0 Å². The lowest BCUT2D eigenvalue weighted by Gasteiger charge is -2.55. The first-order chi connectivity index (χ1) is 11.1. The molecule has 0 bridgehead atoms. The molecule has 0 saturated heterocycles. The van der Waals surface area contributed by atoms with Gasteiger partial charge >= 0.3 is 0 Å². The molecule has 1 spiro atoms. The number of aromatic nitrogens is 3. The number of amides is 1. The van der Waals surface area contributed by atoms with Gasteiger partial charge in [0.25, 0.3) is 0 Å². The number of hydrogen-bond donors (Lipinski definition) is 0. The summed E-state index contributed by atoms with van der Waals surface area (Å²) < 4.78 is 2.15. The smallest absolute Gasteiger partial charge is 0.232 e. The van der Waals surface area contributed by atoms with Gasteiger partial charge in [-0.3, -0.25) is 9.69 Å². The number of carbonyl (C=O) groups is 1. The standard InChI is InChI=1S/C18H28N4O/c1-13(2)16(23)21-15-9-5-4-8-14(15)18(10-6-3-7-11-18)22-17(21)19-12-20-22/h12-15H,3-11H2,1-2H3. The molecule has 2 heterocycles. The summed E-state index contributed by atoms with van der Waals surface area (Å²) in [5.74, 6) is 1.58. The molecule has 0 N–H and O–H groups in total. The van der Waals surface area contributed by atoms with E-state index in [0.29, 0.717) is 12.0 Å². The second kappa shape index (κ2) is 5.60. The predicted octanol–water partition coefficient (Wildman–Crippen LogP) is 3.50. The van der Waals surface area contributed by atoms with Crippen molar-refractivity contribution < 1.29 is 4.79 Å². The van der Waals surface area contributed by atoms with E-state index in [4.69, 9.17) is 0 Å². The molecule has 1 aromatic heterocycles. The van der Waals surface area contributed by atoms with Crippen molar-refractivity contribution in [3.8, 4) is 0 Å². The van der Waals surface area contributed by atoms with E-state index in [0.717, 1.165) is 12.4 Å². The van der Waals surface area contributed by atoms with Gasteiger partial charge in [-0.1, -0.05) is 46.0 Å². The van der Waals surface area contributed by atoms with Crippen LogP contribution in [0.25, 0.3) is 0 Å². The Morgan fingerprint density at radius 2 is 1.91 bits per heavy atom. The van der Waals surface area contributed by atoms with Crippen LogP contribution in [0.1, 0.15) is 71.6 Å². The largest absolute Gasteiger partial charge is 0.277 e. The van der Waals surface area contributed by atoms with E-state index in [1.807, 2.05) is 18.7 Å². The first kappa shape index (κ1) is 15.2. The normalized spacial score (nSPS) is 29.4. The molecule has 2 fully saturated rings. The maximum absolute atomic E-state index is 12.9. The van der Waals surface area contributed by atoms with Gasteiger partial charge in [0.15, 0.2) is 0 Å². The first-order valence-electron chi connectivity index (χ1n) is 9.39. The molecular weight excluding hydrogens is 288 g/mol. The van der Waals surface area contributed by atoms with Crippen LogP contribution in [0.4, 0.5) is 5.95 Å². The molecule has 1 aliphatic heterocycles. The van der Waals surface area contributed by atoms with Gasteiger partial charge < -0.3 is 0 Å². The van der Waals surface area contributed by atoms with Crippen molar-refractivity contribution in [3.63, 3.8) is 0 Å². The molecule has 2 atom stereocenters. The summed E-state index contributed by atoms with van der Waals surface area (Å²) in [6.45, 7) is 3.98. The zero-order chi connectivity index (χ0) is 16.0. The average molecular weight is 316 g/mol. The van der Waals surface area contributed by atoms with E-state index in [2.05, 4.69) is 14.8 Å². The van der Waals surface area contributed by atoms with Crippen LogP contribution in [0.3, 0.4) is 0 Å². The van der Waals surface area contributed by atoms with Gasteiger partial charge in [0, 0.05) is 17.9 Å². The molecule has 1 aromatic rings. The lowest BCUT2D eigenvalue weighted by Crippen LogP contribution is -2.62. The van der Waals surface area contributed by atoms with E-state index in [-0.39, 0.29) is 17.4 Å². The minimum atomic E-state index is 0.00290. The van der Waals surface area contributed by atoms with Crippen LogP contribution in [0.2, 0.25) is 0 Å². The zero-order valence-corrected chi connectivity index (χ0v) is 14.4. The Labute approximate surface area is 138 Å². The molecule has 3 aliphatic rings. The van der Waals surface area contributed by atoms with Gasteiger partial charge in [0.1, 0.15) is 6.33 Å². The molecule has 2 unspecified atom stereocenters. The van der Waals surface area contributed by atoms with E-state index in [1.54, 1.807) is 6.33 Å². The molecule has 4 rings (SSSR count). The Bertz CT molecular complexity index is 588. The van der Waals surface area contributed by atoms with Crippen LogP contribution in [-0.2, 0) is 10.3 Å². The topological polar surface area (TPSA) is 51.0 Å². The number of anilines is 1. The summed E-state index contributed by atoms with van der Waals surface area (Å²) in [4.78, 5) is 19.5. The highest BCUT2D eigenvalue weighted by Crippen LogP contribution is 2.52. The van der Waals surface area contributed by atoms with Gasteiger partial charge in [0.2, 0.25) is 11.9 Å². The zero-order valence-electron chi connectivity index (χ0n) is 14.4. The third kappa shape index (κ3) is 2.15. The maximum atomic E-state index is 12.9. The maximum Gasteiger partial charge on any atom is 0.232 e. The number of hydrogen-bond acceptors (Lipinski definition) is 3. The predicted molar refractivity (Wildman–Crippen MR) is 89.2 cm³/mol. The van der Waals surface area contributed by atoms with Crippen LogP contribution in [-0.4, -0.2) is 26.7 Å². The molecule has 2 saturated carbocycles. The lowest BCUT2D eigenvalue weighted by atomic mass is 9.64. The van der Waals surface area contributed by atoms with Crippen molar-refractivity contribution in [1.82, 2.24) is 14.8 Å². The SMILES string of the molecule is CC(C)C(=O)N1c2ncnn2C2(CCCCC2)C2CCCCC21. The summed E-state index contributed by atoms with van der Waals surface area (Å²) in [6.07, 6.45) is 12.8. The fourth-order valence-electron chi connectivity index (χ4n) is 5.35. The third-order valence-electron chi connectivity index (χ3n) is 6.37. The lowest BCUT2D eigenvalue weighted by molar-refractivity contribution is -0.123. The summed E-state index contributed by atoms with van der Waals surface area (Å²) >= 11 is 0. The molecule has 5 nitrogen and oxygen atoms in total. The summed E-state index contributed by atoms with van der Waals surface area (Å²) in [5.41, 5.74) is 0.114. The van der Waals surface area contributed by atoms with Crippen LogP contribution in [0, 0.1) is 11.8 Å². The van der Waals surface area contributed by atoms with E-state index in [1.165, 1.54) is 51.4 Å². The first-order valence-corrected chi connectivity index (χ1v) is 9.39. The summed E-state index contributed by atoms with van der Waals surface area (Å²) in [5, 5.41) is 4.63. The van der Waals surface area contributed by atoms with E-state index < -0.39 is 0 Å². The van der Waals surface area contributed by atoms with Crippen molar-refractivity contribution in [1.29, 1.82) is 0 Å². The van der Waals surface area contributed by atoms with Crippen LogP contribution in [0.5, 0.6) is 0 Å². The fraction of sp³-hybridized carbons (Fsp3) is 0.833. The van der Waals surface area contributed by atoms with Gasteiger partial charge in [-0.05, 0) is 25.7 Å². The molecule has 0 radical (unpaired) electrons. The third-order valence-corrected chi connectivity index (χ3v) is 6.37. The van der Waals surface area contributed by atoms with Gasteiger partial charge in [-0.25, -0.2) is 4.68 Å². The molecule has 5 heteroatoms. The van der Waals surface area contributed by atoms with E-state index in [9.17, 15) is 4.79 Å². The fourth-order valence-corrected chi connectivity index (χ4v) is 5.35. The summed E-state index contributed by atoms with van der Waals surface area (Å²) in [7, 11) is 0. The van der Waals surface area contributed by atoms with Crippen molar-refractivity contribution in [3.05, 3.63) is 6.33 Å². The van der Waals surface area contributed by atoms with E-state index >= 15 is 0 Å². The highest BCUT2D eigenvalue weighted by Gasteiger charge is 2.54. The number of fused-ring (bicyclic) bond motifs is 4. The van der Waals surface area contributed by atoms with Crippen LogP contribution >= 0.6 is 0 Å². The van der Waals surface area contributed by atoms with Crippen molar-refractivity contribution >= 4 is 11.9 Å². The van der Waals surface area contributed by atoms with Crippen molar-refractivity contribution in [2.75, 3.05) is 4.90 Å². The monoisotopic (exact) mass is 316 g/mol. The van der Waals surface area contributed by atoms with Crippen LogP contribution in [0.15, 0.2) is 6.33 Å². The highest BCUT2D eigenvalue weighted by atomic mass is 16.2. The Morgan fingerprint density at radius 3 is 2.65 bits per heavy atom. The second-order valence-electron chi connectivity index (χ2n) is 7.96. The molecule has 23 heavy (non-hydrogen) atoms. The Hall–Kier alpha value is -1.39. The molecule has 1 amide bonds. The van der Waals surface area contributed by atoms with Gasteiger partial charge in [0.05, 0.1) is 5.54 Å². The van der Waals surface area contributed by atoms with Gasteiger partial charge in [-0.2, -0.15) is 10.1 Å². The van der Waals surface area contributed by atoms with Crippen molar-refractivity contribution in [2.24, 2.45) is 11.8 Å². The Kier molecular flexibility index (Phi) is 3.69. The average Bonchev–Trinajstić information content (AvgIpc) is 3.06. The Morgan fingerprint density at radius 1 is 1.17 bits per heavy atom. The molecule has 126 valence electrons. The minimum Gasteiger partial charge on any atom is -0.277 e. The summed E-state index contributed by atoms with van der Waals surface area (Å²) in [6, 6.07) is 0.327. The number of carbonyl (C=O) groups excluding carboxylic acids is 1. The quantitative estimate of drug-likeness (QED) is 0.797. The van der Waals surface area contributed by atoms with Crippen molar-refractivity contribution in [2.45, 2.75) is 83.2 Å².